The van der Waals surface area contributed by atoms with Crippen LogP contribution in [0.25, 0.3) is 0 Å². The molecule has 2 aliphatic carbocycles. The molecule has 3 rings (SSSR count). The van der Waals surface area contributed by atoms with Crippen LogP contribution in [0.1, 0.15) is 64.2 Å². The Kier molecular flexibility index (Phi) is 3.21. The summed E-state index contributed by atoms with van der Waals surface area (Å²) in [6.45, 7) is 1.17. The monoisotopic (exact) mass is 223 g/mol. The van der Waals surface area contributed by atoms with Crippen molar-refractivity contribution in [1.82, 2.24) is 5.32 Å². The van der Waals surface area contributed by atoms with Gasteiger partial charge in [0.1, 0.15) is 0 Å². The molecule has 3 aliphatic rings. The van der Waals surface area contributed by atoms with Gasteiger partial charge < -0.3 is 10.1 Å². The van der Waals surface area contributed by atoms with Crippen molar-refractivity contribution in [1.29, 1.82) is 0 Å². The van der Waals surface area contributed by atoms with Crippen molar-refractivity contribution in [2.24, 2.45) is 0 Å². The van der Waals surface area contributed by atoms with E-state index < -0.39 is 0 Å². The van der Waals surface area contributed by atoms with Gasteiger partial charge in [0.15, 0.2) is 0 Å². The smallest absolute Gasteiger partial charge is 0.0687 e. The third kappa shape index (κ3) is 2.60. The maximum absolute atomic E-state index is 6.35. The average molecular weight is 223 g/mol. The van der Waals surface area contributed by atoms with Crippen LogP contribution in [0, 0.1) is 0 Å². The van der Waals surface area contributed by atoms with Crippen LogP contribution in [0.4, 0.5) is 0 Å². The largest absolute Gasteiger partial charge is 0.372 e. The van der Waals surface area contributed by atoms with Crippen LogP contribution in [0.3, 0.4) is 0 Å². The van der Waals surface area contributed by atoms with Gasteiger partial charge in [0.2, 0.25) is 0 Å². The maximum atomic E-state index is 6.35. The van der Waals surface area contributed by atoms with Crippen LogP contribution in [0.15, 0.2) is 0 Å². The van der Waals surface area contributed by atoms with E-state index in [-0.39, 0.29) is 0 Å². The summed E-state index contributed by atoms with van der Waals surface area (Å²) in [4.78, 5) is 0. The first-order valence-electron chi connectivity index (χ1n) is 7.28. The van der Waals surface area contributed by atoms with Crippen molar-refractivity contribution in [2.75, 3.05) is 6.54 Å². The Hall–Kier alpha value is -0.0800. The predicted octanol–water partition coefficient (Wildman–Crippen LogP) is 3.01. The topological polar surface area (TPSA) is 21.3 Å². The second-order valence-electron chi connectivity index (χ2n) is 6.04. The summed E-state index contributed by atoms with van der Waals surface area (Å²) in [7, 11) is 0. The minimum absolute atomic E-state index is 0.322. The molecule has 3 fully saturated rings. The van der Waals surface area contributed by atoms with E-state index >= 15 is 0 Å². The van der Waals surface area contributed by atoms with Crippen molar-refractivity contribution in [3.63, 3.8) is 0 Å². The lowest BCUT2D eigenvalue weighted by Crippen LogP contribution is -2.32. The molecule has 1 heterocycles. The molecule has 0 radical (unpaired) electrons. The van der Waals surface area contributed by atoms with Crippen LogP contribution >= 0.6 is 0 Å². The molecule has 2 saturated carbocycles. The predicted molar refractivity (Wildman–Crippen MR) is 65.6 cm³/mol. The van der Waals surface area contributed by atoms with Gasteiger partial charge in [-0.25, -0.2) is 0 Å². The van der Waals surface area contributed by atoms with Gasteiger partial charge in [-0.3, -0.25) is 0 Å². The van der Waals surface area contributed by atoms with Gasteiger partial charge >= 0.3 is 0 Å². The highest BCUT2D eigenvalue weighted by atomic mass is 16.5. The molecule has 92 valence electrons. The van der Waals surface area contributed by atoms with E-state index in [1.54, 1.807) is 0 Å². The van der Waals surface area contributed by atoms with Gasteiger partial charge in [-0.15, -0.1) is 0 Å². The van der Waals surface area contributed by atoms with Crippen LogP contribution in [-0.4, -0.2) is 24.3 Å². The van der Waals surface area contributed by atoms with E-state index in [1.807, 2.05) is 0 Å². The summed E-state index contributed by atoms with van der Waals surface area (Å²) in [6, 6.07) is 0.852. The van der Waals surface area contributed by atoms with Gasteiger partial charge in [0.05, 0.1) is 11.7 Å². The molecule has 2 heteroatoms. The Balaban J connectivity index is 1.40. The van der Waals surface area contributed by atoms with Gasteiger partial charge in [-0.1, -0.05) is 19.3 Å². The fourth-order valence-electron chi connectivity index (χ4n) is 3.40. The van der Waals surface area contributed by atoms with E-state index in [2.05, 4.69) is 5.32 Å². The lowest BCUT2D eigenvalue weighted by molar-refractivity contribution is -0.0652. The Bertz CT molecular complexity index is 231. The van der Waals surface area contributed by atoms with Gasteiger partial charge in [0.25, 0.3) is 0 Å². The molecule has 0 aromatic carbocycles. The summed E-state index contributed by atoms with van der Waals surface area (Å²) < 4.78 is 6.35. The molecule has 0 aromatic heterocycles. The second kappa shape index (κ2) is 4.66. The summed E-state index contributed by atoms with van der Waals surface area (Å²) in [6.07, 6.45) is 14.1. The molecule has 1 unspecified atom stereocenters. The first kappa shape index (κ1) is 11.0. The molecule has 1 atom stereocenters. The summed E-state index contributed by atoms with van der Waals surface area (Å²) >= 11 is 0. The lowest BCUT2D eigenvalue weighted by Gasteiger charge is -2.33. The minimum atomic E-state index is 0.322. The zero-order chi connectivity index (χ0) is 10.8. The van der Waals surface area contributed by atoms with Crippen LogP contribution in [0.2, 0.25) is 0 Å². The van der Waals surface area contributed by atoms with Gasteiger partial charge in [-0.05, 0) is 51.5 Å². The number of ether oxygens (including phenoxy) is 1. The molecule has 1 aliphatic heterocycles. The Labute approximate surface area is 99.1 Å². The Morgan fingerprint density at radius 2 is 1.81 bits per heavy atom. The molecule has 1 spiro atoms. The molecular weight excluding hydrogens is 198 g/mol. The first-order chi connectivity index (χ1) is 7.86. The Morgan fingerprint density at radius 1 is 1.00 bits per heavy atom. The van der Waals surface area contributed by atoms with Crippen molar-refractivity contribution < 1.29 is 4.74 Å². The highest BCUT2D eigenvalue weighted by molar-refractivity contribution is 4.91. The maximum Gasteiger partial charge on any atom is 0.0687 e. The standard InChI is InChI=1S/C14H25NO/c1-2-8-14(9-3-1)10-6-13(16-14)7-11-15-12-4-5-12/h12-13,15H,1-11H2. The third-order valence-corrected chi connectivity index (χ3v) is 4.58. The minimum Gasteiger partial charge on any atom is -0.372 e. The summed E-state index contributed by atoms with van der Waals surface area (Å²) in [5.41, 5.74) is 0.322. The molecule has 16 heavy (non-hydrogen) atoms. The zero-order valence-corrected chi connectivity index (χ0v) is 10.3. The zero-order valence-electron chi connectivity index (χ0n) is 10.3. The number of hydrogen-bond acceptors (Lipinski definition) is 2. The molecule has 1 N–H and O–H groups in total. The number of rotatable bonds is 4. The van der Waals surface area contributed by atoms with E-state index in [0.717, 1.165) is 6.04 Å². The second-order valence-corrected chi connectivity index (χ2v) is 6.04. The highest BCUT2D eigenvalue weighted by Crippen LogP contribution is 2.42. The van der Waals surface area contributed by atoms with Crippen molar-refractivity contribution >= 4 is 0 Å². The molecule has 0 bridgehead atoms. The molecule has 2 nitrogen and oxygen atoms in total. The van der Waals surface area contributed by atoms with Crippen molar-refractivity contribution in [2.45, 2.75) is 82.0 Å². The third-order valence-electron chi connectivity index (χ3n) is 4.58. The van der Waals surface area contributed by atoms with Gasteiger partial charge in [-0.2, -0.15) is 0 Å². The average Bonchev–Trinajstić information content (AvgIpc) is 3.04. The number of hydrogen-bond donors (Lipinski definition) is 1. The van der Waals surface area contributed by atoms with Crippen molar-refractivity contribution in [3.8, 4) is 0 Å². The molecule has 0 aromatic rings. The van der Waals surface area contributed by atoms with E-state index in [1.165, 1.54) is 70.8 Å². The summed E-state index contributed by atoms with van der Waals surface area (Å²) in [5.74, 6) is 0. The molecule has 0 amide bonds. The quantitative estimate of drug-likeness (QED) is 0.791. The van der Waals surface area contributed by atoms with Crippen LogP contribution in [-0.2, 0) is 4.74 Å². The van der Waals surface area contributed by atoms with E-state index in [9.17, 15) is 0 Å². The Morgan fingerprint density at radius 3 is 2.56 bits per heavy atom. The first-order valence-corrected chi connectivity index (χ1v) is 7.28. The van der Waals surface area contributed by atoms with E-state index in [0.29, 0.717) is 11.7 Å². The van der Waals surface area contributed by atoms with Gasteiger partial charge in [0, 0.05) is 6.04 Å². The highest BCUT2D eigenvalue weighted by Gasteiger charge is 2.40. The fraction of sp³-hybridized carbons (Fsp3) is 1.00. The normalized spacial score (nSPS) is 33.4. The molecule has 1 saturated heterocycles. The number of nitrogens with one attached hydrogen (secondary N) is 1. The van der Waals surface area contributed by atoms with Crippen LogP contribution < -0.4 is 5.32 Å². The lowest BCUT2D eigenvalue weighted by atomic mass is 9.83. The van der Waals surface area contributed by atoms with Crippen molar-refractivity contribution in [3.05, 3.63) is 0 Å². The van der Waals surface area contributed by atoms with E-state index in [4.69, 9.17) is 4.74 Å². The SMILES string of the molecule is C1CCC2(CC1)CCC(CCNC1CC1)O2. The summed E-state index contributed by atoms with van der Waals surface area (Å²) in [5, 5.41) is 3.59. The molecular formula is C14H25NO. The fourth-order valence-corrected chi connectivity index (χ4v) is 3.40. The van der Waals surface area contributed by atoms with Crippen LogP contribution in [0.5, 0.6) is 0 Å².